The standard InChI is InChI=1S/C8H14O2/c1-3-4-7(2)8(10)5-6-9/h1,7-10H,4-6H2,2H3. The van der Waals surface area contributed by atoms with Crippen molar-refractivity contribution in [3.8, 4) is 12.3 Å². The summed E-state index contributed by atoms with van der Waals surface area (Å²) in [5.74, 6) is 2.56. The summed E-state index contributed by atoms with van der Waals surface area (Å²) in [7, 11) is 0. The fourth-order valence-electron chi connectivity index (χ4n) is 0.739. The Labute approximate surface area is 61.9 Å². The second-order valence-electron chi connectivity index (χ2n) is 2.47. The summed E-state index contributed by atoms with van der Waals surface area (Å²) in [6.07, 6.45) is 5.57. The van der Waals surface area contributed by atoms with Crippen molar-refractivity contribution in [1.82, 2.24) is 0 Å². The normalized spacial score (nSPS) is 15.8. The third-order valence-corrected chi connectivity index (χ3v) is 1.52. The van der Waals surface area contributed by atoms with Gasteiger partial charge in [-0.15, -0.1) is 12.3 Å². The molecule has 0 amide bonds. The van der Waals surface area contributed by atoms with E-state index >= 15 is 0 Å². The molecule has 2 atom stereocenters. The van der Waals surface area contributed by atoms with Crippen LogP contribution >= 0.6 is 0 Å². The van der Waals surface area contributed by atoms with Gasteiger partial charge in [-0.3, -0.25) is 0 Å². The lowest BCUT2D eigenvalue weighted by Gasteiger charge is -2.14. The number of hydrogen-bond acceptors (Lipinski definition) is 2. The van der Waals surface area contributed by atoms with Crippen LogP contribution in [0, 0.1) is 18.3 Å². The van der Waals surface area contributed by atoms with Crippen LogP contribution in [0.25, 0.3) is 0 Å². The van der Waals surface area contributed by atoms with Gasteiger partial charge in [-0.2, -0.15) is 0 Å². The van der Waals surface area contributed by atoms with Crippen molar-refractivity contribution in [2.75, 3.05) is 6.61 Å². The summed E-state index contributed by atoms with van der Waals surface area (Å²) < 4.78 is 0. The average Bonchev–Trinajstić information content (AvgIpc) is 1.89. The molecule has 0 saturated heterocycles. The number of rotatable bonds is 4. The molecule has 0 aromatic rings. The lowest BCUT2D eigenvalue weighted by Crippen LogP contribution is -2.18. The number of terminal acetylenes is 1. The molecule has 2 unspecified atom stereocenters. The number of aliphatic hydroxyl groups is 2. The van der Waals surface area contributed by atoms with E-state index in [-0.39, 0.29) is 12.5 Å². The molecule has 2 N–H and O–H groups in total. The second-order valence-corrected chi connectivity index (χ2v) is 2.47. The van der Waals surface area contributed by atoms with Crippen LogP contribution in [-0.2, 0) is 0 Å². The smallest absolute Gasteiger partial charge is 0.0596 e. The molecule has 0 saturated carbocycles. The van der Waals surface area contributed by atoms with Gasteiger partial charge >= 0.3 is 0 Å². The molecule has 0 heterocycles. The average molecular weight is 142 g/mol. The van der Waals surface area contributed by atoms with E-state index in [1.165, 1.54) is 0 Å². The Balaban J connectivity index is 3.50. The Bertz CT molecular complexity index is 115. The minimum absolute atomic E-state index is 0.0239. The van der Waals surface area contributed by atoms with Crippen LogP contribution in [0.4, 0.5) is 0 Å². The maximum absolute atomic E-state index is 9.19. The first-order valence-electron chi connectivity index (χ1n) is 3.44. The second kappa shape index (κ2) is 5.28. The van der Waals surface area contributed by atoms with Crippen LogP contribution in [0.5, 0.6) is 0 Å². The zero-order chi connectivity index (χ0) is 7.98. The molecule has 2 heteroatoms. The van der Waals surface area contributed by atoms with Crippen molar-refractivity contribution < 1.29 is 10.2 Å². The summed E-state index contributed by atoms with van der Waals surface area (Å²) >= 11 is 0. The van der Waals surface area contributed by atoms with E-state index in [2.05, 4.69) is 5.92 Å². The van der Waals surface area contributed by atoms with Gasteiger partial charge in [0, 0.05) is 13.0 Å². The summed E-state index contributed by atoms with van der Waals surface area (Å²) in [5.41, 5.74) is 0. The fourth-order valence-corrected chi connectivity index (χ4v) is 0.739. The SMILES string of the molecule is C#CCC(C)C(O)CCO. The maximum atomic E-state index is 9.19. The van der Waals surface area contributed by atoms with E-state index in [1.54, 1.807) is 0 Å². The van der Waals surface area contributed by atoms with Crippen molar-refractivity contribution in [3.63, 3.8) is 0 Å². The molecular weight excluding hydrogens is 128 g/mol. The van der Waals surface area contributed by atoms with Crippen molar-refractivity contribution in [3.05, 3.63) is 0 Å². The Morgan fingerprint density at radius 3 is 2.60 bits per heavy atom. The van der Waals surface area contributed by atoms with Crippen LogP contribution < -0.4 is 0 Å². The Kier molecular flexibility index (Phi) is 5.00. The van der Waals surface area contributed by atoms with Crippen LogP contribution in [-0.4, -0.2) is 22.9 Å². The summed E-state index contributed by atoms with van der Waals surface area (Å²) in [5, 5.41) is 17.6. The molecular formula is C8H14O2. The molecule has 0 aliphatic heterocycles. The minimum atomic E-state index is -0.457. The van der Waals surface area contributed by atoms with E-state index in [1.807, 2.05) is 6.92 Å². The van der Waals surface area contributed by atoms with Gasteiger partial charge in [0.1, 0.15) is 0 Å². The maximum Gasteiger partial charge on any atom is 0.0596 e. The zero-order valence-corrected chi connectivity index (χ0v) is 6.25. The Hall–Kier alpha value is -0.520. The molecule has 0 radical (unpaired) electrons. The van der Waals surface area contributed by atoms with Crippen LogP contribution in [0.15, 0.2) is 0 Å². The Morgan fingerprint density at radius 1 is 1.60 bits per heavy atom. The first-order valence-corrected chi connectivity index (χ1v) is 3.44. The highest BCUT2D eigenvalue weighted by atomic mass is 16.3. The van der Waals surface area contributed by atoms with E-state index in [0.717, 1.165) is 0 Å². The van der Waals surface area contributed by atoms with Gasteiger partial charge in [0.25, 0.3) is 0 Å². The van der Waals surface area contributed by atoms with Crippen molar-refractivity contribution in [1.29, 1.82) is 0 Å². The van der Waals surface area contributed by atoms with Gasteiger partial charge < -0.3 is 10.2 Å². The Morgan fingerprint density at radius 2 is 2.20 bits per heavy atom. The molecule has 0 aliphatic carbocycles. The largest absolute Gasteiger partial charge is 0.396 e. The lowest BCUT2D eigenvalue weighted by molar-refractivity contribution is 0.0879. The fraction of sp³-hybridized carbons (Fsp3) is 0.750. The first-order chi connectivity index (χ1) is 4.72. The zero-order valence-electron chi connectivity index (χ0n) is 6.25. The summed E-state index contributed by atoms with van der Waals surface area (Å²) in [6.45, 7) is 1.90. The van der Waals surface area contributed by atoms with E-state index in [9.17, 15) is 5.11 Å². The predicted octanol–water partition coefficient (Wildman–Crippen LogP) is 0.389. The molecule has 0 bridgehead atoms. The highest BCUT2D eigenvalue weighted by Gasteiger charge is 2.11. The molecule has 2 nitrogen and oxygen atoms in total. The van der Waals surface area contributed by atoms with Crippen LogP contribution in [0.3, 0.4) is 0 Å². The molecule has 0 aromatic heterocycles. The van der Waals surface area contributed by atoms with Gasteiger partial charge in [-0.05, 0) is 12.3 Å². The number of hydrogen-bond donors (Lipinski definition) is 2. The predicted molar refractivity (Wildman–Crippen MR) is 40.3 cm³/mol. The highest BCUT2D eigenvalue weighted by molar-refractivity contribution is 4.87. The molecule has 10 heavy (non-hydrogen) atoms. The van der Waals surface area contributed by atoms with Crippen LogP contribution in [0.1, 0.15) is 19.8 Å². The summed E-state index contributed by atoms with van der Waals surface area (Å²) in [4.78, 5) is 0. The van der Waals surface area contributed by atoms with Gasteiger partial charge in [-0.1, -0.05) is 6.92 Å². The third-order valence-electron chi connectivity index (χ3n) is 1.52. The lowest BCUT2D eigenvalue weighted by atomic mass is 9.99. The molecule has 0 spiro atoms. The molecule has 0 rings (SSSR count). The van der Waals surface area contributed by atoms with Gasteiger partial charge in [0.05, 0.1) is 6.10 Å². The van der Waals surface area contributed by atoms with E-state index in [4.69, 9.17) is 11.5 Å². The topological polar surface area (TPSA) is 40.5 Å². The molecule has 0 aliphatic rings. The van der Waals surface area contributed by atoms with E-state index in [0.29, 0.717) is 12.8 Å². The van der Waals surface area contributed by atoms with Crippen LogP contribution in [0.2, 0.25) is 0 Å². The van der Waals surface area contributed by atoms with Crippen molar-refractivity contribution >= 4 is 0 Å². The van der Waals surface area contributed by atoms with E-state index < -0.39 is 6.10 Å². The van der Waals surface area contributed by atoms with Crippen molar-refractivity contribution in [2.24, 2.45) is 5.92 Å². The minimum Gasteiger partial charge on any atom is -0.396 e. The quantitative estimate of drug-likeness (QED) is 0.557. The van der Waals surface area contributed by atoms with Gasteiger partial charge in [0.15, 0.2) is 0 Å². The number of aliphatic hydroxyl groups excluding tert-OH is 2. The summed E-state index contributed by atoms with van der Waals surface area (Å²) in [6, 6.07) is 0. The molecule has 0 fully saturated rings. The monoisotopic (exact) mass is 142 g/mol. The molecule has 0 aromatic carbocycles. The van der Waals surface area contributed by atoms with Gasteiger partial charge in [0.2, 0.25) is 0 Å². The molecule has 58 valence electrons. The van der Waals surface area contributed by atoms with Gasteiger partial charge in [-0.25, -0.2) is 0 Å². The highest BCUT2D eigenvalue weighted by Crippen LogP contribution is 2.09. The van der Waals surface area contributed by atoms with Crippen molar-refractivity contribution in [2.45, 2.75) is 25.9 Å². The first kappa shape index (κ1) is 9.48. The third kappa shape index (κ3) is 3.49.